The van der Waals surface area contributed by atoms with E-state index in [2.05, 4.69) is 5.32 Å². The third-order valence-corrected chi connectivity index (χ3v) is 3.55. The number of benzene rings is 2. The van der Waals surface area contributed by atoms with Gasteiger partial charge in [-0.3, -0.25) is 4.79 Å². The van der Waals surface area contributed by atoms with Gasteiger partial charge in [-0.05, 0) is 24.6 Å². The topological polar surface area (TPSA) is 66.4 Å². The van der Waals surface area contributed by atoms with Crippen molar-refractivity contribution in [3.8, 4) is 0 Å². The van der Waals surface area contributed by atoms with Crippen LogP contribution in [0.2, 0.25) is 5.02 Å². The number of hydrogen-bond donors (Lipinski definition) is 2. The van der Waals surface area contributed by atoms with Gasteiger partial charge in [-0.1, -0.05) is 48.0 Å². The van der Waals surface area contributed by atoms with Crippen LogP contribution >= 0.6 is 11.6 Å². The number of anilines is 1. The molecule has 0 fully saturated rings. The van der Waals surface area contributed by atoms with Crippen LogP contribution in [0.4, 0.5) is 5.69 Å². The lowest BCUT2D eigenvalue weighted by Gasteiger charge is -2.17. The summed E-state index contributed by atoms with van der Waals surface area (Å²) in [7, 11) is 0. The molecule has 0 aliphatic rings. The molecule has 0 bridgehead atoms. The Hall–Kier alpha value is -2.33. The van der Waals surface area contributed by atoms with Gasteiger partial charge in [-0.2, -0.15) is 0 Å². The number of carbonyl (C=O) groups is 2. The summed E-state index contributed by atoms with van der Waals surface area (Å²) in [5.41, 5.74) is 1.97. The Morgan fingerprint density at radius 3 is 2.50 bits per heavy atom. The van der Waals surface area contributed by atoms with E-state index in [9.17, 15) is 14.7 Å². The highest BCUT2D eigenvalue weighted by Crippen LogP contribution is 2.22. The first-order valence-electron chi connectivity index (χ1n) is 6.81. The van der Waals surface area contributed by atoms with Gasteiger partial charge in [0, 0.05) is 22.7 Å². The molecule has 0 saturated carbocycles. The number of Topliss-reactive ketones (excluding diaryl/α,β-unsaturated/α-hetero) is 1. The van der Waals surface area contributed by atoms with Gasteiger partial charge in [0.15, 0.2) is 5.78 Å². The Morgan fingerprint density at radius 2 is 1.86 bits per heavy atom. The minimum absolute atomic E-state index is 0.134. The molecule has 0 aromatic heterocycles. The van der Waals surface area contributed by atoms with Crippen LogP contribution < -0.4 is 5.32 Å². The van der Waals surface area contributed by atoms with Crippen molar-refractivity contribution < 1.29 is 14.7 Å². The molecule has 1 unspecified atom stereocenters. The molecule has 22 heavy (non-hydrogen) atoms. The predicted molar refractivity (Wildman–Crippen MR) is 86.6 cm³/mol. The number of rotatable bonds is 6. The number of carboxylic acids is 1. The summed E-state index contributed by atoms with van der Waals surface area (Å²) in [5, 5.41) is 12.7. The second kappa shape index (κ2) is 7.09. The molecule has 2 aromatic rings. The Kier molecular flexibility index (Phi) is 5.17. The van der Waals surface area contributed by atoms with E-state index in [0.29, 0.717) is 16.3 Å². The molecule has 4 nitrogen and oxygen atoms in total. The molecular formula is C17H16ClNO3. The highest BCUT2D eigenvalue weighted by atomic mass is 35.5. The van der Waals surface area contributed by atoms with Crippen LogP contribution in [0.1, 0.15) is 22.3 Å². The number of nitrogens with one attached hydrogen (secondary N) is 1. The number of carbonyl (C=O) groups excluding carboxylic acids is 1. The molecule has 0 radical (unpaired) electrons. The summed E-state index contributed by atoms with van der Waals surface area (Å²) in [6.45, 7) is 1.84. The van der Waals surface area contributed by atoms with Crippen molar-refractivity contribution in [2.24, 2.45) is 0 Å². The Balaban J connectivity index is 2.15. The predicted octanol–water partition coefficient (Wildman–Crippen LogP) is 3.79. The SMILES string of the molecule is Cc1ccc(Cl)cc1NC(CC(=O)c1ccccc1)C(=O)O. The largest absolute Gasteiger partial charge is 0.480 e. The zero-order valence-electron chi connectivity index (χ0n) is 12.0. The molecule has 5 heteroatoms. The fraction of sp³-hybridized carbons (Fsp3) is 0.176. The zero-order valence-corrected chi connectivity index (χ0v) is 12.8. The number of halogens is 1. The minimum Gasteiger partial charge on any atom is -0.480 e. The first-order valence-corrected chi connectivity index (χ1v) is 7.19. The third-order valence-electron chi connectivity index (χ3n) is 3.31. The van der Waals surface area contributed by atoms with E-state index < -0.39 is 12.0 Å². The fourth-order valence-corrected chi connectivity index (χ4v) is 2.24. The van der Waals surface area contributed by atoms with Crippen molar-refractivity contribution in [1.29, 1.82) is 0 Å². The standard InChI is InChI=1S/C17H16ClNO3/c1-11-7-8-13(18)9-14(11)19-15(17(21)22)10-16(20)12-5-3-2-4-6-12/h2-9,15,19H,10H2,1H3,(H,21,22). The lowest BCUT2D eigenvalue weighted by Crippen LogP contribution is -2.32. The molecule has 114 valence electrons. The zero-order chi connectivity index (χ0) is 16.1. The summed E-state index contributed by atoms with van der Waals surface area (Å²) in [4.78, 5) is 23.6. The molecule has 0 aliphatic heterocycles. The molecule has 2 rings (SSSR count). The van der Waals surface area contributed by atoms with Crippen LogP contribution in [0.5, 0.6) is 0 Å². The maximum atomic E-state index is 12.2. The Labute approximate surface area is 133 Å². The molecule has 2 N–H and O–H groups in total. The molecule has 0 spiro atoms. The van der Waals surface area contributed by atoms with Crippen molar-refractivity contribution in [3.05, 3.63) is 64.7 Å². The van der Waals surface area contributed by atoms with E-state index in [-0.39, 0.29) is 12.2 Å². The molecule has 0 heterocycles. The number of aliphatic carboxylic acids is 1. The number of aryl methyl sites for hydroxylation is 1. The second-order valence-corrected chi connectivity index (χ2v) is 5.42. The van der Waals surface area contributed by atoms with Gasteiger partial charge < -0.3 is 10.4 Å². The van der Waals surface area contributed by atoms with Gasteiger partial charge in [0.1, 0.15) is 6.04 Å². The summed E-state index contributed by atoms with van der Waals surface area (Å²) >= 11 is 5.93. The second-order valence-electron chi connectivity index (χ2n) is 4.99. The van der Waals surface area contributed by atoms with Gasteiger partial charge in [-0.25, -0.2) is 4.79 Å². The number of carboxylic acid groups (broad SMARTS) is 1. The van der Waals surface area contributed by atoms with Crippen LogP contribution in [-0.4, -0.2) is 22.9 Å². The average molecular weight is 318 g/mol. The minimum atomic E-state index is -1.08. The van der Waals surface area contributed by atoms with Crippen LogP contribution in [0.25, 0.3) is 0 Å². The van der Waals surface area contributed by atoms with E-state index in [1.807, 2.05) is 6.92 Å². The third kappa shape index (κ3) is 4.09. The molecule has 1 atom stereocenters. The van der Waals surface area contributed by atoms with Crippen molar-refractivity contribution in [2.75, 3.05) is 5.32 Å². The first kappa shape index (κ1) is 16.0. The molecule has 0 amide bonds. The monoisotopic (exact) mass is 317 g/mol. The molecule has 0 saturated heterocycles. The smallest absolute Gasteiger partial charge is 0.326 e. The average Bonchev–Trinajstić information content (AvgIpc) is 2.50. The summed E-state index contributed by atoms with van der Waals surface area (Å²) in [5.74, 6) is -1.30. The van der Waals surface area contributed by atoms with E-state index in [1.54, 1.807) is 48.5 Å². The highest BCUT2D eigenvalue weighted by molar-refractivity contribution is 6.30. The van der Waals surface area contributed by atoms with Crippen LogP contribution in [-0.2, 0) is 4.79 Å². The van der Waals surface area contributed by atoms with E-state index >= 15 is 0 Å². The molecule has 2 aromatic carbocycles. The van der Waals surface area contributed by atoms with E-state index in [4.69, 9.17) is 11.6 Å². The van der Waals surface area contributed by atoms with E-state index in [1.165, 1.54) is 0 Å². The van der Waals surface area contributed by atoms with Gasteiger partial charge in [-0.15, -0.1) is 0 Å². The van der Waals surface area contributed by atoms with Crippen molar-refractivity contribution in [2.45, 2.75) is 19.4 Å². The quantitative estimate of drug-likeness (QED) is 0.796. The van der Waals surface area contributed by atoms with Crippen LogP contribution in [0, 0.1) is 6.92 Å². The molecular weight excluding hydrogens is 302 g/mol. The Morgan fingerprint density at radius 1 is 1.18 bits per heavy atom. The molecule has 0 aliphatic carbocycles. The van der Waals surface area contributed by atoms with Crippen molar-refractivity contribution >= 4 is 29.0 Å². The van der Waals surface area contributed by atoms with Gasteiger partial charge in [0.2, 0.25) is 0 Å². The van der Waals surface area contributed by atoms with Crippen LogP contribution in [0.15, 0.2) is 48.5 Å². The van der Waals surface area contributed by atoms with Gasteiger partial charge in [0.05, 0.1) is 0 Å². The maximum Gasteiger partial charge on any atom is 0.326 e. The fourth-order valence-electron chi connectivity index (χ4n) is 2.06. The summed E-state index contributed by atoms with van der Waals surface area (Å²) in [6.07, 6.45) is -0.134. The van der Waals surface area contributed by atoms with E-state index in [0.717, 1.165) is 5.56 Å². The lowest BCUT2D eigenvalue weighted by atomic mass is 10.0. The van der Waals surface area contributed by atoms with Crippen molar-refractivity contribution in [1.82, 2.24) is 0 Å². The lowest BCUT2D eigenvalue weighted by molar-refractivity contribution is -0.137. The van der Waals surface area contributed by atoms with Gasteiger partial charge >= 0.3 is 5.97 Å². The van der Waals surface area contributed by atoms with Crippen molar-refractivity contribution in [3.63, 3.8) is 0 Å². The number of ketones is 1. The summed E-state index contributed by atoms with van der Waals surface area (Å²) < 4.78 is 0. The normalized spacial score (nSPS) is 11.7. The highest BCUT2D eigenvalue weighted by Gasteiger charge is 2.22. The Bertz CT molecular complexity index is 686. The van der Waals surface area contributed by atoms with Crippen LogP contribution in [0.3, 0.4) is 0 Å². The number of hydrogen-bond acceptors (Lipinski definition) is 3. The maximum absolute atomic E-state index is 12.2. The summed E-state index contributed by atoms with van der Waals surface area (Å²) in [6, 6.07) is 12.8. The first-order chi connectivity index (χ1) is 10.5. The van der Waals surface area contributed by atoms with Gasteiger partial charge in [0.25, 0.3) is 0 Å².